The first-order chi connectivity index (χ1) is 13.3. The second-order valence-corrected chi connectivity index (χ2v) is 8.36. The largest absolute Gasteiger partial charge is 0.458 e. The summed E-state index contributed by atoms with van der Waals surface area (Å²) in [7, 11) is -2.63. The number of aryl methyl sites for hydroxylation is 1. The molecular formula is C16H20N4O6S2. The predicted octanol–water partition coefficient (Wildman–Crippen LogP) is 2.07. The molecule has 0 unspecified atom stereocenters. The maximum atomic E-state index is 12.3. The summed E-state index contributed by atoms with van der Waals surface area (Å²) in [5, 5.41) is 16.4. The molecule has 1 aromatic heterocycles. The molecule has 0 spiro atoms. The van der Waals surface area contributed by atoms with Gasteiger partial charge in [-0.25, -0.2) is 13.4 Å². The molecule has 10 nitrogen and oxygen atoms in total. The molecule has 0 aliphatic carbocycles. The number of nitro benzene ring substituents is 1. The lowest BCUT2D eigenvalue weighted by molar-refractivity contribution is -0.384. The summed E-state index contributed by atoms with van der Waals surface area (Å²) in [6.45, 7) is 1.38. The van der Waals surface area contributed by atoms with Crippen molar-refractivity contribution in [1.29, 1.82) is 0 Å². The van der Waals surface area contributed by atoms with Crippen molar-refractivity contribution in [3.8, 4) is 0 Å². The molecule has 0 atom stereocenters. The number of hydrogen-bond donors (Lipinski definition) is 2. The Hall–Kier alpha value is -2.57. The fourth-order valence-corrected chi connectivity index (χ4v) is 4.10. The smallest absolute Gasteiger partial charge is 0.321 e. The number of sulfonamides is 1. The normalized spacial score (nSPS) is 11.2. The van der Waals surface area contributed by atoms with E-state index in [2.05, 4.69) is 15.0 Å². The summed E-state index contributed by atoms with van der Waals surface area (Å²) in [5.74, 6) is -0.782. The second kappa shape index (κ2) is 9.57. The van der Waals surface area contributed by atoms with Crippen molar-refractivity contribution < 1.29 is 22.9 Å². The van der Waals surface area contributed by atoms with Gasteiger partial charge in [-0.15, -0.1) is 11.3 Å². The lowest BCUT2D eigenvalue weighted by atomic mass is 10.3. The van der Waals surface area contributed by atoms with E-state index in [1.54, 1.807) is 5.38 Å². The van der Waals surface area contributed by atoms with Gasteiger partial charge in [-0.1, -0.05) is 6.92 Å². The van der Waals surface area contributed by atoms with Crippen molar-refractivity contribution >= 4 is 38.7 Å². The Morgan fingerprint density at radius 2 is 2.14 bits per heavy atom. The van der Waals surface area contributed by atoms with Crippen molar-refractivity contribution in [2.75, 3.05) is 18.9 Å². The van der Waals surface area contributed by atoms with Gasteiger partial charge in [0.05, 0.1) is 20.5 Å². The zero-order valence-electron chi connectivity index (χ0n) is 15.3. The lowest BCUT2D eigenvalue weighted by Gasteiger charge is -2.08. The zero-order chi connectivity index (χ0) is 20.7. The minimum absolute atomic E-state index is 0.0525. The molecule has 2 rings (SSSR count). The lowest BCUT2D eigenvalue weighted by Crippen LogP contribution is -2.30. The van der Waals surface area contributed by atoms with Crippen LogP contribution in [0.1, 0.15) is 24.0 Å². The number of hydrogen-bond acceptors (Lipinski definition) is 9. The third-order valence-electron chi connectivity index (χ3n) is 3.60. The Balaban J connectivity index is 1.95. The summed E-state index contributed by atoms with van der Waals surface area (Å²) < 4.78 is 31.7. The molecule has 0 radical (unpaired) electrons. The Morgan fingerprint density at radius 3 is 2.79 bits per heavy atom. The van der Waals surface area contributed by atoms with E-state index in [0.717, 1.165) is 23.9 Å². The van der Waals surface area contributed by atoms with Crippen molar-refractivity contribution in [3.63, 3.8) is 0 Å². The number of nitro groups is 1. The van der Waals surface area contributed by atoms with Crippen LogP contribution in [0, 0.1) is 10.1 Å². The number of ether oxygens (including phenoxy) is 1. The second-order valence-electron chi connectivity index (χ2n) is 5.65. The van der Waals surface area contributed by atoms with Gasteiger partial charge in [0.15, 0.2) is 0 Å². The molecule has 0 amide bonds. The average Bonchev–Trinajstić information content (AvgIpc) is 3.12. The van der Waals surface area contributed by atoms with E-state index >= 15 is 0 Å². The maximum absolute atomic E-state index is 12.3. The molecule has 0 saturated heterocycles. The molecule has 1 aromatic carbocycles. The van der Waals surface area contributed by atoms with E-state index in [-0.39, 0.29) is 22.9 Å². The van der Waals surface area contributed by atoms with Gasteiger partial charge in [-0.2, -0.15) is 4.72 Å². The van der Waals surface area contributed by atoms with Gasteiger partial charge >= 0.3 is 5.97 Å². The molecular weight excluding hydrogens is 408 g/mol. The van der Waals surface area contributed by atoms with Gasteiger partial charge in [0.25, 0.3) is 5.69 Å². The van der Waals surface area contributed by atoms with E-state index in [4.69, 9.17) is 4.74 Å². The quantitative estimate of drug-likeness (QED) is 0.333. The Kier molecular flexibility index (Phi) is 7.43. The fraction of sp³-hybridized carbons (Fsp3) is 0.375. The number of carbonyl (C=O) groups excluding carboxylic acids is 1. The monoisotopic (exact) mass is 428 g/mol. The third kappa shape index (κ3) is 5.71. The van der Waals surface area contributed by atoms with Gasteiger partial charge in [0, 0.05) is 18.5 Å². The van der Waals surface area contributed by atoms with E-state index in [9.17, 15) is 23.3 Å². The summed E-state index contributed by atoms with van der Waals surface area (Å²) >= 11 is 1.47. The van der Waals surface area contributed by atoms with Crippen LogP contribution in [0.25, 0.3) is 0 Å². The summed E-state index contributed by atoms with van der Waals surface area (Å²) in [5.41, 5.74) is 0.386. The highest BCUT2D eigenvalue weighted by molar-refractivity contribution is 7.89. The minimum atomic E-state index is -4.12. The highest BCUT2D eigenvalue weighted by Gasteiger charge is 2.22. The van der Waals surface area contributed by atoms with Gasteiger partial charge in [-0.05, 0) is 25.0 Å². The zero-order valence-corrected chi connectivity index (χ0v) is 16.9. The molecule has 0 saturated carbocycles. The molecule has 12 heteroatoms. The van der Waals surface area contributed by atoms with Gasteiger partial charge in [0.1, 0.15) is 18.8 Å². The molecule has 0 aliphatic heterocycles. The summed E-state index contributed by atoms with van der Waals surface area (Å²) in [4.78, 5) is 26.2. The minimum Gasteiger partial charge on any atom is -0.458 e. The van der Waals surface area contributed by atoms with Crippen molar-refractivity contribution in [1.82, 2.24) is 9.71 Å². The number of nitrogens with one attached hydrogen (secondary N) is 2. The summed E-state index contributed by atoms with van der Waals surface area (Å²) in [6.07, 6.45) is 1.80. The predicted molar refractivity (Wildman–Crippen MR) is 104 cm³/mol. The number of anilines is 1. The first kappa shape index (κ1) is 21.7. The number of rotatable bonds is 10. The Bertz CT molecular complexity index is 958. The first-order valence-corrected chi connectivity index (χ1v) is 10.7. The molecule has 152 valence electrons. The molecule has 28 heavy (non-hydrogen) atoms. The highest BCUT2D eigenvalue weighted by atomic mass is 32.2. The Morgan fingerprint density at radius 1 is 1.39 bits per heavy atom. The summed E-state index contributed by atoms with van der Waals surface area (Å²) in [6, 6.07) is 3.40. The van der Waals surface area contributed by atoms with Crippen molar-refractivity contribution in [2.24, 2.45) is 0 Å². The van der Waals surface area contributed by atoms with Crippen LogP contribution in [-0.2, 0) is 32.6 Å². The van der Waals surface area contributed by atoms with Crippen LogP contribution in [0.2, 0.25) is 0 Å². The number of nitrogens with zero attached hydrogens (tertiary/aromatic N) is 2. The first-order valence-electron chi connectivity index (χ1n) is 8.31. The fourth-order valence-electron chi connectivity index (χ4n) is 2.23. The number of benzene rings is 1. The van der Waals surface area contributed by atoms with Crippen molar-refractivity contribution in [3.05, 3.63) is 44.4 Å². The molecule has 2 N–H and O–H groups in total. The maximum Gasteiger partial charge on any atom is 0.321 e. The van der Waals surface area contributed by atoms with E-state index in [1.807, 2.05) is 6.92 Å². The molecule has 0 aliphatic rings. The third-order valence-corrected chi connectivity index (χ3v) is 5.95. The standard InChI is InChI=1S/C16H20N4O6S2/c1-3-4-15-19-11(10-27-15)9-26-16(21)8-18-28(24,25)12-5-6-13(17-2)14(7-12)20(22)23/h5-7,10,17-18H,3-4,8-9H2,1-2H3. The van der Waals surface area contributed by atoms with Crippen LogP contribution in [0.3, 0.4) is 0 Å². The number of thiazole rings is 1. The van der Waals surface area contributed by atoms with Crippen LogP contribution in [0.15, 0.2) is 28.5 Å². The van der Waals surface area contributed by atoms with Crippen LogP contribution in [0.5, 0.6) is 0 Å². The number of esters is 1. The number of carbonyl (C=O) groups is 1. The van der Waals surface area contributed by atoms with Gasteiger partial charge < -0.3 is 10.1 Å². The van der Waals surface area contributed by atoms with Crippen LogP contribution >= 0.6 is 11.3 Å². The number of aromatic nitrogens is 1. The topological polar surface area (TPSA) is 141 Å². The molecule has 2 aromatic rings. The van der Waals surface area contributed by atoms with Gasteiger partial charge in [0.2, 0.25) is 10.0 Å². The van der Waals surface area contributed by atoms with Crippen molar-refractivity contribution in [2.45, 2.75) is 31.3 Å². The van der Waals surface area contributed by atoms with Gasteiger partial charge in [-0.3, -0.25) is 14.9 Å². The van der Waals surface area contributed by atoms with E-state index in [1.165, 1.54) is 30.5 Å². The Labute approximate surface area is 166 Å². The van der Waals surface area contributed by atoms with E-state index in [0.29, 0.717) is 5.69 Å². The average molecular weight is 428 g/mol. The molecule has 0 fully saturated rings. The van der Waals surface area contributed by atoms with Crippen LogP contribution in [-0.4, -0.2) is 37.9 Å². The SMILES string of the molecule is CCCc1nc(COC(=O)CNS(=O)(=O)c2ccc(NC)c([N+](=O)[O-])c2)cs1. The van der Waals surface area contributed by atoms with E-state index < -0.39 is 27.5 Å². The molecule has 1 heterocycles. The van der Waals surface area contributed by atoms with Crippen LogP contribution in [0.4, 0.5) is 11.4 Å². The highest BCUT2D eigenvalue weighted by Crippen LogP contribution is 2.26. The molecule has 0 bridgehead atoms. The van der Waals surface area contributed by atoms with Crippen LogP contribution < -0.4 is 10.0 Å².